The third kappa shape index (κ3) is 11.6. The van der Waals surface area contributed by atoms with Crippen molar-refractivity contribution in [3.05, 3.63) is 83.4 Å². The Morgan fingerprint density at radius 3 is 2.22 bits per heavy atom. The molecule has 3 rings (SSSR count). The van der Waals surface area contributed by atoms with Crippen LogP contribution in [-0.4, -0.2) is 71.0 Å². The Morgan fingerprint density at radius 1 is 1.02 bits per heavy atom. The molecule has 4 N–H and O–H groups in total. The van der Waals surface area contributed by atoms with Crippen LogP contribution in [0.2, 0.25) is 0 Å². The molecular formula is C30H30F5N3O7S. The van der Waals surface area contributed by atoms with Crippen LogP contribution >= 0.6 is 11.8 Å². The van der Waals surface area contributed by atoms with Gasteiger partial charge in [-0.05, 0) is 66.3 Å². The van der Waals surface area contributed by atoms with E-state index in [9.17, 15) is 31.5 Å². The van der Waals surface area contributed by atoms with Crippen molar-refractivity contribution < 1.29 is 56.1 Å². The lowest BCUT2D eigenvalue weighted by molar-refractivity contribution is -0.192. The third-order valence-corrected chi connectivity index (χ3v) is 6.69. The van der Waals surface area contributed by atoms with E-state index in [1.165, 1.54) is 28.8 Å². The van der Waals surface area contributed by atoms with Gasteiger partial charge in [-0.3, -0.25) is 9.59 Å². The molecule has 0 saturated carbocycles. The predicted octanol–water partition coefficient (Wildman–Crippen LogP) is 5.71. The Morgan fingerprint density at radius 2 is 1.65 bits per heavy atom. The van der Waals surface area contributed by atoms with E-state index < -0.39 is 35.7 Å². The molecule has 16 heteroatoms. The molecule has 0 aromatic heterocycles. The van der Waals surface area contributed by atoms with Crippen LogP contribution in [0.5, 0.6) is 5.75 Å². The standard InChI is InChI=1S/C28H29F2N3O5S.C2HF3O2/c1-3-37-27(34)16-33(12-11-26(31)32-36)28(35)20-6-4-5-18(13-20)17-38-21-9-7-19(8-10-21)22-14-23(29)24(30)15-25(22)39-2;3-2(4,5)1(6)7/h4-10,13-15,36H,3,11-12,16-17H2,1-2H3,(H2,31,32);(H,6,7). The zero-order valence-corrected chi connectivity index (χ0v) is 25.3. The number of ether oxygens (including phenoxy) is 2. The van der Waals surface area contributed by atoms with E-state index in [4.69, 9.17) is 30.3 Å². The molecule has 46 heavy (non-hydrogen) atoms. The number of carbonyl (C=O) groups excluding carboxylic acids is 2. The Kier molecular flexibility index (Phi) is 14.3. The summed E-state index contributed by atoms with van der Waals surface area (Å²) in [7, 11) is 0. The lowest BCUT2D eigenvalue weighted by Gasteiger charge is -2.22. The van der Waals surface area contributed by atoms with E-state index in [1.807, 2.05) is 0 Å². The number of carboxylic acid groups (broad SMARTS) is 1. The predicted molar refractivity (Wildman–Crippen MR) is 159 cm³/mol. The number of aliphatic carboxylic acids is 1. The number of carboxylic acids is 1. The summed E-state index contributed by atoms with van der Waals surface area (Å²) < 4.78 is 70.0. The van der Waals surface area contributed by atoms with E-state index in [1.54, 1.807) is 61.7 Å². The number of halogens is 5. The van der Waals surface area contributed by atoms with Crippen LogP contribution in [0.3, 0.4) is 0 Å². The molecule has 248 valence electrons. The maximum absolute atomic E-state index is 13.8. The average Bonchev–Trinajstić information content (AvgIpc) is 3.03. The minimum atomic E-state index is -5.08. The molecule has 0 saturated heterocycles. The second-order valence-electron chi connectivity index (χ2n) is 9.16. The first-order valence-corrected chi connectivity index (χ1v) is 14.5. The number of benzene rings is 3. The molecule has 3 aromatic rings. The number of hydrogen-bond acceptors (Lipinski definition) is 8. The molecule has 0 unspecified atom stereocenters. The van der Waals surface area contributed by atoms with E-state index in [0.29, 0.717) is 32.9 Å². The summed E-state index contributed by atoms with van der Waals surface area (Å²) in [6, 6.07) is 16.1. The zero-order chi connectivity index (χ0) is 34.4. The SMILES string of the molecule is CCOC(=O)CN(CCC(N)=NO)C(=O)c1cccc(COc2ccc(-c3cc(F)c(F)cc3SC)cc2)c1.O=C(O)C(F)(F)F. The van der Waals surface area contributed by atoms with Crippen molar-refractivity contribution in [2.24, 2.45) is 10.9 Å². The zero-order valence-electron chi connectivity index (χ0n) is 24.5. The van der Waals surface area contributed by atoms with Crippen LogP contribution in [0.25, 0.3) is 11.1 Å². The second kappa shape index (κ2) is 17.6. The lowest BCUT2D eigenvalue weighted by atomic mass is 10.1. The molecule has 0 fully saturated rings. The van der Waals surface area contributed by atoms with E-state index in [-0.39, 0.29) is 38.6 Å². The molecular weight excluding hydrogens is 641 g/mol. The van der Waals surface area contributed by atoms with Gasteiger partial charge in [-0.15, -0.1) is 11.8 Å². The van der Waals surface area contributed by atoms with Crippen molar-refractivity contribution in [3.63, 3.8) is 0 Å². The molecule has 0 aliphatic rings. The summed E-state index contributed by atoms with van der Waals surface area (Å²) in [5.74, 6) is -5.07. The molecule has 0 aliphatic carbocycles. The van der Waals surface area contributed by atoms with Gasteiger partial charge in [-0.1, -0.05) is 29.4 Å². The highest BCUT2D eigenvalue weighted by molar-refractivity contribution is 7.98. The molecule has 0 heterocycles. The first kappa shape index (κ1) is 37.3. The number of amidine groups is 1. The summed E-state index contributed by atoms with van der Waals surface area (Å²) in [6.07, 6.45) is -3.22. The molecule has 0 atom stereocenters. The van der Waals surface area contributed by atoms with Gasteiger partial charge in [-0.25, -0.2) is 13.6 Å². The third-order valence-electron chi connectivity index (χ3n) is 5.91. The van der Waals surface area contributed by atoms with Crippen molar-refractivity contribution in [2.45, 2.75) is 31.0 Å². The van der Waals surface area contributed by atoms with Gasteiger partial charge in [0.05, 0.1) is 6.61 Å². The average molecular weight is 672 g/mol. The monoisotopic (exact) mass is 671 g/mol. The minimum Gasteiger partial charge on any atom is -0.489 e. The number of thioether (sulfide) groups is 1. The highest BCUT2D eigenvalue weighted by atomic mass is 32.2. The Hall–Kier alpha value is -4.86. The quantitative estimate of drug-likeness (QED) is 0.0418. The van der Waals surface area contributed by atoms with Crippen LogP contribution in [0.1, 0.15) is 29.3 Å². The number of alkyl halides is 3. The summed E-state index contributed by atoms with van der Waals surface area (Å²) in [5.41, 5.74) is 7.87. The van der Waals surface area contributed by atoms with Gasteiger partial charge in [0, 0.05) is 23.4 Å². The molecule has 0 radical (unpaired) electrons. The fourth-order valence-corrected chi connectivity index (χ4v) is 4.33. The number of esters is 1. The van der Waals surface area contributed by atoms with Gasteiger partial charge in [0.2, 0.25) is 0 Å². The maximum Gasteiger partial charge on any atom is 0.490 e. The summed E-state index contributed by atoms with van der Waals surface area (Å²) in [6.45, 7) is 1.77. The number of carbonyl (C=O) groups is 3. The van der Waals surface area contributed by atoms with Gasteiger partial charge in [0.1, 0.15) is 24.7 Å². The molecule has 0 spiro atoms. The topological polar surface area (TPSA) is 152 Å². The normalized spacial score (nSPS) is 11.2. The molecule has 3 aromatic carbocycles. The number of hydrogen-bond donors (Lipinski definition) is 3. The van der Waals surface area contributed by atoms with Gasteiger partial charge in [-0.2, -0.15) is 13.2 Å². The number of nitrogens with zero attached hydrogens (tertiary/aromatic N) is 2. The Labute approximate surface area is 264 Å². The van der Waals surface area contributed by atoms with E-state index in [2.05, 4.69) is 5.16 Å². The number of nitrogens with two attached hydrogens (primary N) is 1. The van der Waals surface area contributed by atoms with Crippen LogP contribution < -0.4 is 10.5 Å². The van der Waals surface area contributed by atoms with E-state index in [0.717, 1.165) is 0 Å². The summed E-state index contributed by atoms with van der Waals surface area (Å²) in [5, 5.41) is 18.8. The van der Waals surface area contributed by atoms with E-state index >= 15 is 0 Å². The van der Waals surface area contributed by atoms with Gasteiger partial charge >= 0.3 is 18.1 Å². The molecule has 1 amide bonds. The van der Waals surface area contributed by atoms with Crippen molar-refractivity contribution in [1.82, 2.24) is 4.90 Å². The minimum absolute atomic E-state index is 0.0524. The van der Waals surface area contributed by atoms with Crippen molar-refractivity contribution >= 4 is 35.4 Å². The van der Waals surface area contributed by atoms with Gasteiger partial charge in [0.25, 0.3) is 5.91 Å². The van der Waals surface area contributed by atoms with Crippen LogP contribution in [0.15, 0.2) is 70.7 Å². The first-order chi connectivity index (χ1) is 21.7. The number of rotatable bonds is 12. The lowest BCUT2D eigenvalue weighted by Crippen LogP contribution is -2.38. The van der Waals surface area contributed by atoms with Crippen molar-refractivity contribution in [1.29, 1.82) is 0 Å². The summed E-state index contributed by atoms with van der Waals surface area (Å²) in [4.78, 5) is 36.0. The molecule has 0 aliphatic heterocycles. The fourth-order valence-electron chi connectivity index (χ4n) is 3.71. The van der Waals surface area contributed by atoms with Gasteiger partial charge < -0.3 is 30.4 Å². The van der Waals surface area contributed by atoms with Crippen LogP contribution in [0, 0.1) is 11.6 Å². The fraction of sp³-hybridized carbons (Fsp3) is 0.267. The van der Waals surface area contributed by atoms with Crippen LogP contribution in [0.4, 0.5) is 22.0 Å². The van der Waals surface area contributed by atoms with Gasteiger partial charge in [0.15, 0.2) is 11.6 Å². The van der Waals surface area contributed by atoms with Crippen molar-refractivity contribution in [2.75, 3.05) is 26.0 Å². The highest BCUT2D eigenvalue weighted by Gasteiger charge is 2.38. The summed E-state index contributed by atoms with van der Waals surface area (Å²) >= 11 is 1.32. The Bertz CT molecular complexity index is 1540. The van der Waals surface area contributed by atoms with Crippen LogP contribution in [-0.2, 0) is 20.9 Å². The first-order valence-electron chi connectivity index (χ1n) is 13.3. The van der Waals surface area contributed by atoms with Crippen molar-refractivity contribution in [3.8, 4) is 16.9 Å². The molecule has 0 bridgehead atoms. The second-order valence-corrected chi connectivity index (χ2v) is 10.0. The number of oxime groups is 1. The highest BCUT2D eigenvalue weighted by Crippen LogP contribution is 2.33. The number of amides is 1. The maximum atomic E-state index is 13.8. The Balaban J connectivity index is 0.000000942. The largest absolute Gasteiger partial charge is 0.490 e. The molecule has 10 nitrogen and oxygen atoms in total. The smallest absolute Gasteiger partial charge is 0.489 e.